The summed E-state index contributed by atoms with van der Waals surface area (Å²) >= 11 is 0. The molecule has 126 valence electrons. The lowest BCUT2D eigenvalue weighted by molar-refractivity contribution is 1.32. The molecule has 0 atom stereocenters. The van der Waals surface area contributed by atoms with Crippen molar-refractivity contribution in [2.75, 3.05) is 5.73 Å². The minimum absolute atomic E-state index is 0.566. The van der Waals surface area contributed by atoms with Gasteiger partial charge in [-0.2, -0.15) is 0 Å². The fourth-order valence-corrected chi connectivity index (χ4v) is 3.05. The second-order valence-corrected chi connectivity index (χ2v) is 6.78. The molecular formula is C23H24N2. The van der Waals surface area contributed by atoms with Crippen LogP contribution < -0.4 is 5.73 Å². The summed E-state index contributed by atoms with van der Waals surface area (Å²) in [5, 5.41) is 7.97. The molecule has 1 aliphatic carbocycles. The van der Waals surface area contributed by atoms with E-state index in [1.807, 2.05) is 32.1 Å². The van der Waals surface area contributed by atoms with Crippen molar-refractivity contribution in [2.45, 2.75) is 27.7 Å². The van der Waals surface area contributed by atoms with Crippen LogP contribution in [0.1, 0.15) is 34.7 Å². The van der Waals surface area contributed by atoms with E-state index in [0.717, 1.165) is 28.0 Å². The molecular weight excluding hydrogens is 304 g/mol. The predicted octanol–water partition coefficient (Wildman–Crippen LogP) is 5.53. The first-order valence-corrected chi connectivity index (χ1v) is 8.50. The molecule has 0 radical (unpaired) electrons. The van der Waals surface area contributed by atoms with E-state index in [9.17, 15) is 0 Å². The molecule has 0 spiro atoms. The molecule has 0 aliphatic heterocycles. The van der Waals surface area contributed by atoms with Gasteiger partial charge < -0.3 is 11.1 Å². The van der Waals surface area contributed by atoms with Gasteiger partial charge in [0.05, 0.1) is 5.71 Å². The number of hydrogen-bond acceptors (Lipinski definition) is 2. The zero-order valence-corrected chi connectivity index (χ0v) is 15.3. The first-order chi connectivity index (χ1) is 11.9. The Labute approximate surface area is 149 Å². The molecule has 2 aromatic carbocycles. The lowest BCUT2D eigenvalue weighted by Crippen LogP contribution is -2.02. The van der Waals surface area contributed by atoms with Gasteiger partial charge in [-0.15, -0.1) is 0 Å². The second kappa shape index (κ2) is 6.56. The highest BCUT2D eigenvalue weighted by atomic mass is 14.5. The smallest absolute Gasteiger partial charge is 0.0569 e. The topological polar surface area (TPSA) is 49.9 Å². The van der Waals surface area contributed by atoms with Gasteiger partial charge in [-0.25, -0.2) is 0 Å². The van der Waals surface area contributed by atoms with Crippen LogP contribution in [0.2, 0.25) is 0 Å². The quantitative estimate of drug-likeness (QED) is 0.699. The van der Waals surface area contributed by atoms with E-state index in [0.29, 0.717) is 5.71 Å². The summed E-state index contributed by atoms with van der Waals surface area (Å²) in [5.74, 6) is 0. The molecule has 3 rings (SSSR count). The Morgan fingerprint density at radius 3 is 2.04 bits per heavy atom. The van der Waals surface area contributed by atoms with Crippen molar-refractivity contribution in [3.05, 3.63) is 93.6 Å². The van der Waals surface area contributed by atoms with Crippen molar-refractivity contribution in [3.8, 4) is 0 Å². The van der Waals surface area contributed by atoms with Crippen molar-refractivity contribution in [1.82, 2.24) is 0 Å². The van der Waals surface area contributed by atoms with Crippen LogP contribution in [0.15, 0.2) is 65.8 Å². The molecule has 3 N–H and O–H groups in total. The van der Waals surface area contributed by atoms with Gasteiger partial charge in [0.2, 0.25) is 0 Å². The lowest BCUT2D eigenvalue weighted by Gasteiger charge is -2.17. The third kappa shape index (κ3) is 3.34. The molecule has 0 heterocycles. The van der Waals surface area contributed by atoms with Gasteiger partial charge in [-0.3, -0.25) is 0 Å². The fourth-order valence-electron chi connectivity index (χ4n) is 3.05. The van der Waals surface area contributed by atoms with Crippen molar-refractivity contribution in [1.29, 1.82) is 5.41 Å². The Kier molecular flexibility index (Phi) is 4.45. The van der Waals surface area contributed by atoms with Crippen molar-refractivity contribution < 1.29 is 0 Å². The molecule has 25 heavy (non-hydrogen) atoms. The molecule has 2 heteroatoms. The largest absolute Gasteiger partial charge is 0.399 e. The van der Waals surface area contributed by atoms with E-state index in [2.05, 4.69) is 50.3 Å². The maximum atomic E-state index is 7.97. The summed E-state index contributed by atoms with van der Waals surface area (Å²) in [6, 6.07) is 12.8. The SMILES string of the molecule is CC1=C/C(=C(/c2ccc(C)c(C)c2)c2ccc(N)c(C)c2)C=CC1=N. The summed E-state index contributed by atoms with van der Waals surface area (Å²) in [6.45, 7) is 8.29. The van der Waals surface area contributed by atoms with Crippen molar-refractivity contribution in [2.24, 2.45) is 0 Å². The Morgan fingerprint density at radius 2 is 1.44 bits per heavy atom. The third-order valence-electron chi connectivity index (χ3n) is 4.87. The van der Waals surface area contributed by atoms with Crippen molar-refractivity contribution in [3.63, 3.8) is 0 Å². The van der Waals surface area contributed by atoms with Crippen LogP contribution in [0.25, 0.3) is 5.57 Å². The monoisotopic (exact) mass is 328 g/mol. The fraction of sp³-hybridized carbons (Fsp3) is 0.174. The van der Waals surface area contributed by atoms with E-state index < -0.39 is 0 Å². The number of aryl methyl sites for hydroxylation is 3. The summed E-state index contributed by atoms with van der Waals surface area (Å²) in [7, 11) is 0. The van der Waals surface area contributed by atoms with Crippen LogP contribution in [0.3, 0.4) is 0 Å². The zero-order valence-electron chi connectivity index (χ0n) is 15.3. The predicted molar refractivity (Wildman–Crippen MR) is 108 cm³/mol. The molecule has 0 fully saturated rings. The van der Waals surface area contributed by atoms with Gasteiger partial charge >= 0.3 is 0 Å². The number of nitrogens with one attached hydrogen (secondary N) is 1. The normalized spacial score (nSPS) is 16.0. The van der Waals surface area contributed by atoms with E-state index in [1.54, 1.807) is 0 Å². The molecule has 0 bridgehead atoms. The van der Waals surface area contributed by atoms with Gasteiger partial charge in [0, 0.05) is 5.69 Å². The van der Waals surface area contributed by atoms with Crippen LogP contribution in [0, 0.1) is 26.2 Å². The molecule has 1 aliphatic rings. The number of rotatable bonds is 2. The highest BCUT2D eigenvalue weighted by Gasteiger charge is 2.14. The van der Waals surface area contributed by atoms with Gasteiger partial charge in [0.15, 0.2) is 0 Å². The maximum Gasteiger partial charge on any atom is 0.0569 e. The zero-order chi connectivity index (χ0) is 18.1. The average molecular weight is 328 g/mol. The van der Waals surface area contributed by atoms with Gasteiger partial charge in [0.1, 0.15) is 0 Å². The number of anilines is 1. The molecule has 0 unspecified atom stereocenters. The van der Waals surface area contributed by atoms with E-state index in [-0.39, 0.29) is 0 Å². The molecule has 0 saturated carbocycles. The van der Waals surface area contributed by atoms with Crippen LogP contribution in [0.5, 0.6) is 0 Å². The lowest BCUT2D eigenvalue weighted by atomic mass is 9.87. The number of hydrogen-bond donors (Lipinski definition) is 2. The molecule has 2 aromatic rings. The summed E-state index contributed by atoms with van der Waals surface area (Å²) in [6.07, 6.45) is 6.00. The van der Waals surface area contributed by atoms with Crippen LogP contribution >= 0.6 is 0 Å². The Bertz CT molecular complexity index is 903. The van der Waals surface area contributed by atoms with E-state index in [1.165, 1.54) is 22.3 Å². The number of nitrogen functional groups attached to an aromatic ring is 1. The third-order valence-corrected chi connectivity index (χ3v) is 4.87. The molecule has 0 aromatic heterocycles. The standard InChI is InChI=1S/C23H24N2/c1-14-5-6-18(11-15(14)2)23(19-7-9-21(24)16(3)12-19)20-8-10-22(25)17(4)13-20/h5-13,24H,25H2,1-4H3/b23-19-,24-21?. The first-order valence-electron chi connectivity index (χ1n) is 8.50. The Morgan fingerprint density at radius 1 is 0.800 bits per heavy atom. The van der Waals surface area contributed by atoms with Crippen LogP contribution in [0.4, 0.5) is 5.69 Å². The highest BCUT2D eigenvalue weighted by Crippen LogP contribution is 2.33. The van der Waals surface area contributed by atoms with Crippen LogP contribution in [-0.2, 0) is 0 Å². The summed E-state index contributed by atoms with van der Waals surface area (Å²) in [4.78, 5) is 0. The van der Waals surface area contributed by atoms with Crippen LogP contribution in [-0.4, -0.2) is 5.71 Å². The number of nitrogens with two attached hydrogens (primary N) is 1. The maximum absolute atomic E-state index is 7.97. The number of allylic oxidation sites excluding steroid dienone is 5. The molecule has 0 amide bonds. The molecule has 0 saturated heterocycles. The second-order valence-electron chi connectivity index (χ2n) is 6.78. The minimum atomic E-state index is 0.566. The number of benzene rings is 2. The minimum Gasteiger partial charge on any atom is -0.399 e. The molecule has 2 nitrogen and oxygen atoms in total. The van der Waals surface area contributed by atoms with Gasteiger partial charge in [0.25, 0.3) is 0 Å². The highest BCUT2D eigenvalue weighted by molar-refractivity contribution is 6.08. The Balaban J connectivity index is 2.28. The summed E-state index contributed by atoms with van der Waals surface area (Å²) < 4.78 is 0. The van der Waals surface area contributed by atoms with Gasteiger partial charge in [-0.1, -0.05) is 30.3 Å². The first kappa shape index (κ1) is 17.0. The van der Waals surface area contributed by atoms with E-state index >= 15 is 0 Å². The average Bonchev–Trinajstić information content (AvgIpc) is 2.57. The Hall–Kier alpha value is -2.87. The van der Waals surface area contributed by atoms with Crippen molar-refractivity contribution >= 4 is 17.0 Å². The van der Waals surface area contributed by atoms with Gasteiger partial charge in [-0.05, 0) is 96.5 Å². The summed E-state index contributed by atoms with van der Waals surface area (Å²) in [5.41, 5.74) is 16.6. The van der Waals surface area contributed by atoms with E-state index in [4.69, 9.17) is 11.1 Å².